The average Bonchev–Trinajstić information content (AvgIpc) is 3.91. The van der Waals surface area contributed by atoms with E-state index in [-0.39, 0.29) is 51.1 Å². The summed E-state index contributed by atoms with van der Waals surface area (Å²) in [7, 11) is 0. The third-order valence-corrected chi connectivity index (χ3v) is 10.9. The summed E-state index contributed by atoms with van der Waals surface area (Å²) in [6.45, 7) is 1.50. The molecule has 21 heteroatoms. The number of hydrogen-bond acceptors (Lipinski definition) is 19. The zero-order chi connectivity index (χ0) is 41.9. The van der Waals surface area contributed by atoms with E-state index in [2.05, 4.69) is 31.0 Å². The number of aliphatic hydroxyl groups excluding tert-OH is 2. The molecule has 0 fully saturated rings. The summed E-state index contributed by atoms with van der Waals surface area (Å²) in [5, 5.41) is 42.7. The number of aliphatic hydroxyl groups is 2. The van der Waals surface area contributed by atoms with E-state index in [0.29, 0.717) is 83.6 Å². The molecule has 0 aliphatic carbocycles. The number of ether oxygens (including phenoxy) is 4. The predicted octanol–water partition coefficient (Wildman–Crippen LogP) is 3.22. The number of carbonyl (C=O) groups is 4. The first kappa shape index (κ1) is 46.9. The zero-order valence-electron chi connectivity index (χ0n) is 32.6. The van der Waals surface area contributed by atoms with Gasteiger partial charge in [0.1, 0.15) is 10.0 Å². The summed E-state index contributed by atoms with van der Waals surface area (Å²) in [6, 6.07) is 18.4. The fourth-order valence-electron chi connectivity index (χ4n) is 4.96. The van der Waals surface area contributed by atoms with Crippen LogP contribution in [0.1, 0.15) is 34.0 Å². The summed E-state index contributed by atoms with van der Waals surface area (Å²) in [5.74, 6) is 0.750. The number of carbonyl (C=O) groups excluding carboxylic acids is 4. The van der Waals surface area contributed by atoms with Crippen LogP contribution in [0.3, 0.4) is 0 Å². The van der Waals surface area contributed by atoms with Gasteiger partial charge in [0, 0.05) is 25.9 Å². The Labute approximate surface area is 354 Å². The van der Waals surface area contributed by atoms with Crippen LogP contribution in [-0.4, -0.2) is 132 Å². The molecule has 0 spiro atoms. The van der Waals surface area contributed by atoms with Gasteiger partial charge in [-0.05, 0) is 48.6 Å². The molecule has 2 aromatic carbocycles. The molecule has 0 atom stereocenters. The van der Waals surface area contributed by atoms with Gasteiger partial charge in [-0.3, -0.25) is 19.4 Å². The average molecular weight is 875 g/mol. The predicted molar refractivity (Wildman–Crippen MR) is 224 cm³/mol. The molecule has 0 aliphatic heterocycles. The van der Waals surface area contributed by atoms with E-state index < -0.39 is 25.8 Å². The summed E-state index contributed by atoms with van der Waals surface area (Å²) in [4.78, 5) is 53.8. The Balaban J connectivity index is 1.26. The molecular weight excluding hydrogens is 825 g/mol. The molecular formula is C38H50N8O10S3. The third kappa shape index (κ3) is 18.4. The van der Waals surface area contributed by atoms with Crippen molar-refractivity contribution < 1.29 is 48.3 Å². The normalized spacial score (nSPS) is 10.9. The van der Waals surface area contributed by atoms with Crippen molar-refractivity contribution in [2.24, 2.45) is 0 Å². The fraction of sp³-hybridized carbons (Fsp3) is 0.474. The second-order valence-electron chi connectivity index (χ2n) is 12.4. The van der Waals surface area contributed by atoms with E-state index in [1.165, 1.54) is 32.5 Å². The number of amides is 2. The second-order valence-corrected chi connectivity index (χ2v) is 15.7. The van der Waals surface area contributed by atoms with Gasteiger partial charge in [0.05, 0.1) is 39.3 Å². The van der Waals surface area contributed by atoms with Crippen molar-refractivity contribution in [3.8, 4) is 0 Å². The van der Waals surface area contributed by atoms with Gasteiger partial charge >= 0.3 is 12.3 Å². The number of aryl methyl sites for hydroxylation is 2. The molecule has 4 rings (SSSR count). The highest BCUT2D eigenvalue weighted by Crippen LogP contribution is 2.25. The van der Waals surface area contributed by atoms with Crippen LogP contribution in [-0.2, 0) is 54.2 Å². The molecule has 0 bridgehead atoms. The van der Waals surface area contributed by atoms with E-state index in [1.807, 2.05) is 60.7 Å². The molecule has 0 aliphatic rings. The highest BCUT2D eigenvalue weighted by atomic mass is 32.2. The number of hydrogen-bond donors (Lipinski definition) is 4. The van der Waals surface area contributed by atoms with Gasteiger partial charge in [0.25, 0.3) is 0 Å². The van der Waals surface area contributed by atoms with Crippen LogP contribution in [0.5, 0.6) is 0 Å². The number of anilines is 2. The molecule has 59 heavy (non-hydrogen) atoms. The van der Waals surface area contributed by atoms with Crippen LogP contribution in [0.15, 0.2) is 60.7 Å². The first-order valence-electron chi connectivity index (χ1n) is 19.0. The first-order chi connectivity index (χ1) is 28.9. The first-order valence-corrected chi connectivity index (χ1v) is 21.8. The van der Waals surface area contributed by atoms with Crippen molar-refractivity contribution in [3.63, 3.8) is 0 Å². The Morgan fingerprint density at radius 3 is 1.42 bits per heavy atom. The van der Waals surface area contributed by atoms with Crippen molar-refractivity contribution in [2.75, 3.05) is 87.4 Å². The van der Waals surface area contributed by atoms with E-state index >= 15 is 0 Å². The van der Waals surface area contributed by atoms with Gasteiger partial charge in [0.2, 0.25) is 22.1 Å². The molecule has 4 N–H and O–H groups in total. The molecule has 2 aromatic heterocycles. The molecule has 2 heterocycles. The van der Waals surface area contributed by atoms with Gasteiger partial charge < -0.3 is 39.8 Å². The molecule has 0 unspecified atom stereocenters. The smallest absolute Gasteiger partial charge is 0.434 e. The van der Waals surface area contributed by atoms with Crippen LogP contribution in [0, 0.1) is 0 Å². The summed E-state index contributed by atoms with van der Waals surface area (Å²) >= 11 is 4.13. The van der Waals surface area contributed by atoms with Crippen LogP contribution in [0.4, 0.5) is 19.9 Å². The number of rotatable bonds is 28. The summed E-state index contributed by atoms with van der Waals surface area (Å²) < 4.78 is 20.8. The fourth-order valence-corrected chi connectivity index (χ4v) is 7.79. The number of benzene rings is 2. The van der Waals surface area contributed by atoms with Gasteiger partial charge in [-0.25, -0.2) is 9.59 Å². The van der Waals surface area contributed by atoms with Crippen molar-refractivity contribution >= 4 is 68.8 Å². The van der Waals surface area contributed by atoms with Gasteiger partial charge in [-0.1, -0.05) is 83.3 Å². The molecule has 320 valence electrons. The minimum Gasteiger partial charge on any atom is -0.434 e. The van der Waals surface area contributed by atoms with Crippen LogP contribution >= 0.6 is 34.4 Å². The van der Waals surface area contributed by atoms with Crippen LogP contribution < -0.4 is 20.4 Å². The molecule has 0 radical (unpaired) electrons. The maximum absolute atomic E-state index is 13.4. The van der Waals surface area contributed by atoms with E-state index in [0.717, 1.165) is 11.1 Å². The second kappa shape index (κ2) is 27.8. The standard InChI is InChI=1S/C38H50N8O10S3/c47-19-17-39-15-7-21-53-37(51)55-27-45(33(49)25-29-9-3-1-4-10-29)35-43-41-31(58-35)13-23-57-24-14-32-42-44-36(59-32)46(34(50)26-30-11-5-2-6-12-30)28-56-38(52)54-22-8-16-40-18-20-48/h1-6,9-12,39-40,47-48H,7-8,13-28H2. The Morgan fingerprint density at radius 2 is 1.02 bits per heavy atom. The maximum Gasteiger partial charge on any atom is 0.510 e. The van der Waals surface area contributed by atoms with Crippen LogP contribution in [0.2, 0.25) is 0 Å². The lowest BCUT2D eigenvalue weighted by molar-refractivity contribution is -0.119. The summed E-state index contributed by atoms with van der Waals surface area (Å²) in [6.07, 6.45) is 0.520. The number of nitrogens with zero attached hydrogens (tertiary/aromatic N) is 6. The Kier molecular flexibility index (Phi) is 22.1. The monoisotopic (exact) mass is 874 g/mol. The lowest BCUT2D eigenvalue weighted by atomic mass is 10.1. The maximum atomic E-state index is 13.4. The number of nitrogens with one attached hydrogen (secondary N) is 2. The highest BCUT2D eigenvalue weighted by Gasteiger charge is 2.24. The van der Waals surface area contributed by atoms with Crippen molar-refractivity contribution in [1.29, 1.82) is 0 Å². The van der Waals surface area contributed by atoms with Gasteiger partial charge in [-0.15, -0.1) is 20.4 Å². The largest absolute Gasteiger partial charge is 0.510 e. The topological polar surface area (TPSA) is 228 Å². The van der Waals surface area contributed by atoms with Gasteiger partial charge in [0.15, 0.2) is 13.5 Å². The Morgan fingerprint density at radius 1 is 0.593 bits per heavy atom. The molecule has 0 saturated carbocycles. The lowest BCUT2D eigenvalue weighted by Crippen LogP contribution is -2.35. The van der Waals surface area contributed by atoms with E-state index in [1.54, 1.807) is 11.8 Å². The zero-order valence-corrected chi connectivity index (χ0v) is 35.0. The molecule has 2 amide bonds. The van der Waals surface area contributed by atoms with Gasteiger partial charge in [-0.2, -0.15) is 11.8 Å². The number of aromatic nitrogens is 4. The van der Waals surface area contributed by atoms with Crippen molar-refractivity contribution in [2.45, 2.75) is 38.5 Å². The SMILES string of the molecule is O=C(OCCCNCCO)OCN(C(=O)Cc1ccccc1)c1nnc(CCSCCc2nnc(N(COC(=O)OCCCNCCO)C(=O)Cc3ccccc3)s2)s1. The molecule has 4 aromatic rings. The molecule has 18 nitrogen and oxygen atoms in total. The van der Waals surface area contributed by atoms with Crippen molar-refractivity contribution in [1.82, 2.24) is 31.0 Å². The minimum atomic E-state index is -0.913. The Bertz CT molecular complexity index is 1690. The van der Waals surface area contributed by atoms with Crippen molar-refractivity contribution in [3.05, 3.63) is 81.8 Å². The lowest BCUT2D eigenvalue weighted by Gasteiger charge is -2.19. The Hall–Kier alpha value is -4.77. The highest BCUT2D eigenvalue weighted by molar-refractivity contribution is 7.99. The van der Waals surface area contributed by atoms with E-state index in [9.17, 15) is 19.2 Å². The minimum absolute atomic E-state index is 0.0172. The quantitative estimate of drug-likeness (QED) is 0.0365. The number of thioether (sulfide) groups is 1. The van der Waals surface area contributed by atoms with E-state index in [4.69, 9.17) is 29.2 Å². The molecule has 0 saturated heterocycles. The van der Waals surface area contributed by atoms with Crippen LogP contribution in [0.25, 0.3) is 0 Å². The third-order valence-electron chi connectivity index (χ3n) is 7.93. The summed E-state index contributed by atoms with van der Waals surface area (Å²) in [5.41, 5.74) is 1.58.